The molecule has 19 heavy (non-hydrogen) atoms. The lowest BCUT2D eigenvalue weighted by Gasteiger charge is -2.13. The summed E-state index contributed by atoms with van der Waals surface area (Å²) in [4.78, 5) is 5.58. The van der Waals surface area contributed by atoms with Crippen molar-refractivity contribution in [2.45, 2.75) is 12.3 Å². The molecule has 2 aromatic heterocycles. The molecule has 0 spiro atoms. The molecule has 98 valence electrons. The van der Waals surface area contributed by atoms with E-state index in [0.717, 1.165) is 28.0 Å². The Morgan fingerprint density at radius 3 is 3.05 bits per heavy atom. The van der Waals surface area contributed by atoms with Gasteiger partial charge in [0.05, 0.1) is 5.69 Å². The summed E-state index contributed by atoms with van der Waals surface area (Å²) in [6.07, 6.45) is 4.85. The third-order valence-corrected chi connectivity index (χ3v) is 4.66. The van der Waals surface area contributed by atoms with Crippen molar-refractivity contribution < 1.29 is 4.39 Å². The van der Waals surface area contributed by atoms with Gasteiger partial charge in [0.2, 0.25) is 0 Å². The maximum Gasteiger partial charge on any atom is 0.193 e. The number of hydrogen-bond donors (Lipinski definition) is 0. The Morgan fingerprint density at radius 2 is 2.32 bits per heavy atom. The van der Waals surface area contributed by atoms with E-state index in [1.807, 2.05) is 28.2 Å². The van der Waals surface area contributed by atoms with Crippen molar-refractivity contribution in [1.29, 1.82) is 0 Å². The van der Waals surface area contributed by atoms with E-state index in [-0.39, 0.29) is 11.7 Å². The van der Waals surface area contributed by atoms with Gasteiger partial charge in [0, 0.05) is 23.1 Å². The van der Waals surface area contributed by atoms with Crippen molar-refractivity contribution in [3.05, 3.63) is 59.1 Å². The van der Waals surface area contributed by atoms with E-state index in [2.05, 4.69) is 20.9 Å². The van der Waals surface area contributed by atoms with Crippen LogP contribution in [0.3, 0.4) is 0 Å². The molecule has 2 nitrogen and oxygen atoms in total. The van der Waals surface area contributed by atoms with Crippen LogP contribution in [0.2, 0.25) is 0 Å². The molecule has 0 fully saturated rings. The van der Waals surface area contributed by atoms with Crippen LogP contribution in [0.25, 0.3) is 4.96 Å². The van der Waals surface area contributed by atoms with Crippen LogP contribution in [0, 0.1) is 5.82 Å². The Bertz CT molecular complexity index is 663. The largest absolute Gasteiger partial charge is 0.297 e. The first-order valence-corrected chi connectivity index (χ1v) is 7.99. The molecule has 1 atom stereocenters. The van der Waals surface area contributed by atoms with Crippen LogP contribution in [0.15, 0.2) is 42.0 Å². The second kappa shape index (κ2) is 5.43. The van der Waals surface area contributed by atoms with Crippen LogP contribution in [0.1, 0.15) is 17.2 Å². The number of rotatable bonds is 4. The molecule has 0 aliphatic heterocycles. The molecule has 0 radical (unpaired) electrons. The number of benzene rings is 1. The van der Waals surface area contributed by atoms with Gasteiger partial charge in [-0.25, -0.2) is 9.37 Å². The molecule has 0 amide bonds. The molecule has 0 aliphatic rings. The topological polar surface area (TPSA) is 17.3 Å². The highest BCUT2D eigenvalue weighted by atomic mass is 79.9. The van der Waals surface area contributed by atoms with Crippen LogP contribution in [-0.4, -0.2) is 14.7 Å². The zero-order chi connectivity index (χ0) is 13.2. The van der Waals surface area contributed by atoms with Gasteiger partial charge in [0.15, 0.2) is 4.96 Å². The van der Waals surface area contributed by atoms with E-state index in [1.165, 1.54) is 6.07 Å². The number of aromatic nitrogens is 2. The molecule has 3 aromatic rings. The maximum absolute atomic E-state index is 13.3. The lowest BCUT2D eigenvalue weighted by molar-refractivity contribution is 0.621. The first-order chi connectivity index (χ1) is 9.26. The predicted octanol–water partition coefficient (Wildman–Crippen LogP) is 4.26. The molecule has 0 saturated carbocycles. The van der Waals surface area contributed by atoms with E-state index in [9.17, 15) is 4.39 Å². The van der Waals surface area contributed by atoms with Crippen molar-refractivity contribution in [3.63, 3.8) is 0 Å². The van der Waals surface area contributed by atoms with Crippen molar-refractivity contribution >= 4 is 32.2 Å². The number of hydrogen-bond acceptors (Lipinski definition) is 2. The quantitative estimate of drug-likeness (QED) is 0.650. The minimum Gasteiger partial charge on any atom is -0.297 e. The van der Waals surface area contributed by atoms with Crippen LogP contribution in [0.5, 0.6) is 0 Å². The van der Waals surface area contributed by atoms with E-state index in [4.69, 9.17) is 0 Å². The van der Waals surface area contributed by atoms with Gasteiger partial charge < -0.3 is 0 Å². The smallest absolute Gasteiger partial charge is 0.193 e. The molecule has 1 aromatic carbocycles. The summed E-state index contributed by atoms with van der Waals surface area (Å²) in [5.41, 5.74) is 2.05. The zero-order valence-electron chi connectivity index (χ0n) is 10.1. The molecule has 0 saturated heterocycles. The van der Waals surface area contributed by atoms with E-state index < -0.39 is 0 Å². The number of fused-ring (bicyclic) bond motifs is 1. The van der Waals surface area contributed by atoms with Gasteiger partial charge in [-0.1, -0.05) is 28.1 Å². The first-order valence-electron chi connectivity index (χ1n) is 5.99. The summed E-state index contributed by atoms with van der Waals surface area (Å²) in [7, 11) is 0. The standard InChI is InChI=1S/C14H12BrFN2S/c15-8-11(10-2-1-3-12(16)6-10)7-13-9-18-4-5-19-14(18)17-13/h1-6,9,11H,7-8H2. The van der Waals surface area contributed by atoms with Gasteiger partial charge in [0.1, 0.15) is 5.82 Å². The van der Waals surface area contributed by atoms with Crippen LogP contribution in [0.4, 0.5) is 4.39 Å². The van der Waals surface area contributed by atoms with Gasteiger partial charge in [-0.2, -0.15) is 0 Å². The second-order valence-electron chi connectivity index (χ2n) is 4.44. The number of halogens is 2. The third-order valence-electron chi connectivity index (χ3n) is 3.11. The number of imidazole rings is 1. The van der Waals surface area contributed by atoms with Gasteiger partial charge in [-0.15, -0.1) is 11.3 Å². The highest BCUT2D eigenvalue weighted by Gasteiger charge is 2.14. The maximum atomic E-state index is 13.3. The van der Waals surface area contributed by atoms with Gasteiger partial charge in [-0.3, -0.25) is 4.40 Å². The fraction of sp³-hybridized carbons (Fsp3) is 0.214. The Hall–Kier alpha value is -1.20. The Morgan fingerprint density at radius 1 is 1.42 bits per heavy atom. The lowest BCUT2D eigenvalue weighted by atomic mass is 9.96. The fourth-order valence-corrected chi connectivity index (χ4v) is 3.47. The first kappa shape index (κ1) is 12.8. The van der Waals surface area contributed by atoms with Crippen molar-refractivity contribution in [2.75, 3.05) is 5.33 Å². The summed E-state index contributed by atoms with van der Waals surface area (Å²) in [5.74, 6) is 0.0505. The van der Waals surface area contributed by atoms with Gasteiger partial charge in [0.25, 0.3) is 0 Å². The third kappa shape index (κ3) is 2.72. The minimum atomic E-state index is -0.186. The summed E-state index contributed by atoms with van der Waals surface area (Å²) >= 11 is 5.14. The average Bonchev–Trinajstić information content (AvgIpc) is 2.96. The van der Waals surface area contributed by atoms with Gasteiger partial charge >= 0.3 is 0 Å². The number of thiazole rings is 1. The molecule has 0 bridgehead atoms. The lowest BCUT2D eigenvalue weighted by Crippen LogP contribution is -2.05. The summed E-state index contributed by atoms with van der Waals surface area (Å²) in [6.45, 7) is 0. The Labute approximate surface area is 123 Å². The molecule has 3 rings (SSSR count). The SMILES string of the molecule is Fc1cccc(C(CBr)Cc2cn3ccsc3n2)c1. The van der Waals surface area contributed by atoms with Crippen LogP contribution < -0.4 is 0 Å². The van der Waals surface area contributed by atoms with E-state index in [1.54, 1.807) is 23.5 Å². The van der Waals surface area contributed by atoms with E-state index in [0.29, 0.717) is 0 Å². The van der Waals surface area contributed by atoms with Crippen LogP contribution >= 0.6 is 27.3 Å². The second-order valence-corrected chi connectivity index (χ2v) is 5.96. The molecular formula is C14H12BrFN2S. The van der Waals surface area contributed by atoms with Crippen LogP contribution in [-0.2, 0) is 6.42 Å². The summed E-state index contributed by atoms with van der Waals surface area (Å²) < 4.78 is 15.3. The molecule has 5 heteroatoms. The fourth-order valence-electron chi connectivity index (χ4n) is 2.15. The van der Waals surface area contributed by atoms with Crippen molar-refractivity contribution in [1.82, 2.24) is 9.38 Å². The summed E-state index contributed by atoms with van der Waals surface area (Å²) in [6, 6.07) is 6.80. The van der Waals surface area contributed by atoms with E-state index >= 15 is 0 Å². The number of nitrogens with zero attached hydrogens (tertiary/aromatic N) is 2. The molecule has 0 N–H and O–H groups in total. The molecule has 0 aliphatic carbocycles. The zero-order valence-corrected chi connectivity index (χ0v) is 12.5. The van der Waals surface area contributed by atoms with Crippen molar-refractivity contribution in [3.8, 4) is 0 Å². The molecule has 2 heterocycles. The summed E-state index contributed by atoms with van der Waals surface area (Å²) in [5, 5.41) is 2.81. The normalized spacial score (nSPS) is 12.9. The predicted molar refractivity (Wildman–Crippen MR) is 79.7 cm³/mol. The van der Waals surface area contributed by atoms with Crippen molar-refractivity contribution in [2.24, 2.45) is 0 Å². The average molecular weight is 339 g/mol. The monoisotopic (exact) mass is 338 g/mol. The highest BCUT2D eigenvalue weighted by Crippen LogP contribution is 2.24. The number of alkyl halides is 1. The highest BCUT2D eigenvalue weighted by molar-refractivity contribution is 9.09. The van der Waals surface area contributed by atoms with Gasteiger partial charge in [-0.05, 0) is 30.0 Å². The Balaban J connectivity index is 1.85. The molecule has 1 unspecified atom stereocenters. The molecular weight excluding hydrogens is 327 g/mol. The Kier molecular flexibility index (Phi) is 3.66. The minimum absolute atomic E-state index is 0.186.